The van der Waals surface area contributed by atoms with E-state index in [1.165, 1.54) is 12.0 Å². The molecule has 0 atom stereocenters. The molecular weight excluding hydrogens is 388 g/mol. The highest BCUT2D eigenvalue weighted by atomic mass is 16.5. The van der Waals surface area contributed by atoms with Gasteiger partial charge in [0.1, 0.15) is 13.2 Å². The number of benzene rings is 2. The molecule has 0 saturated carbocycles. The number of fused-ring (bicyclic) bond motifs is 2. The lowest BCUT2D eigenvalue weighted by atomic mass is 10.0. The molecule has 2 aromatic carbocycles. The number of hydrogen-bond donors (Lipinski definition) is 1. The maximum Gasteiger partial charge on any atom is 0.338 e. The van der Waals surface area contributed by atoms with Crippen molar-refractivity contribution in [3.05, 3.63) is 58.8 Å². The highest BCUT2D eigenvalue weighted by Crippen LogP contribution is 2.32. The number of hydrogen-bond acceptors (Lipinski definition) is 6. The van der Waals surface area contributed by atoms with Gasteiger partial charge >= 0.3 is 5.97 Å². The third-order valence-electron chi connectivity index (χ3n) is 5.02. The van der Waals surface area contributed by atoms with E-state index in [-0.39, 0.29) is 37.4 Å². The predicted molar refractivity (Wildman–Crippen MR) is 108 cm³/mol. The van der Waals surface area contributed by atoms with E-state index in [4.69, 9.17) is 14.2 Å². The number of esters is 1. The molecule has 1 N–H and O–H groups in total. The summed E-state index contributed by atoms with van der Waals surface area (Å²) < 4.78 is 15.6. The first-order chi connectivity index (χ1) is 14.5. The van der Waals surface area contributed by atoms with Crippen LogP contribution in [0.25, 0.3) is 6.08 Å². The standard InChI is InChI=1S/C22H20N2O6/c1-28-18-8-13-5-6-24(21(26)10-14(13)9-19(18)29-2)11-20(25)23-16-3-4-17-15(7-16)12-30-22(17)27/h3-9H,10-12H2,1-2H3,(H,23,25). The van der Waals surface area contributed by atoms with Gasteiger partial charge in [-0.3, -0.25) is 9.59 Å². The van der Waals surface area contributed by atoms with Gasteiger partial charge in [-0.2, -0.15) is 0 Å². The van der Waals surface area contributed by atoms with Crippen molar-refractivity contribution in [3.8, 4) is 11.5 Å². The van der Waals surface area contributed by atoms with Crippen molar-refractivity contribution in [2.45, 2.75) is 13.0 Å². The Balaban J connectivity index is 1.46. The zero-order valence-electron chi connectivity index (χ0n) is 16.6. The normalized spacial score (nSPS) is 14.5. The van der Waals surface area contributed by atoms with Gasteiger partial charge in [0, 0.05) is 17.5 Å². The van der Waals surface area contributed by atoms with Gasteiger partial charge in [0.05, 0.1) is 26.2 Å². The van der Waals surface area contributed by atoms with E-state index in [1.807, 2.05) is 0 Å². The Morgan fingerprint density at radius 3 is 2.63 bits per heavy atom. The number of cyclic esters (lactones) is 1. The van der Waals surface area contributed by atoms with E-state index in [0.717, 1.165) is 16.7 Å². The summed E-state index contributed by atoms with van der Waals surface area (Å²) in [5, 5.41) is 2.76. The molecule has 8 nitrogen and oxygen atoms in total. The lowest BCUT2D eigenvalue weighted by molar-refractivity contribution is -0.131. The predicted octanol–water partition coefficient (Wildman–Crippen LogP) is 2.37. The molecule has 0 aliphatic carbocycles. The lowest BCUT2D eigenvalue weighted by Gasteiger charge is -2.17. The van der Waals surface area contributed by atoms with Crippen LogP contribution >= 0.6 is 0 Å². The van der Waals surface area contributed by atoms with E-state index < -0.39 is 0 Å². The van der Waals surface area contributed by atoms with Crippen LogP contribution in [0, 0.1) is 0 Å². The molecule has 2 amide bonds. The molecule has 2 heterocycles. The van der Waals surface area contributed by atoms with Crippen molar-refractivity contribution in [1.82, 2.24) is 4.90 Å². The Labute approximate surface area is 173 Å². The molecule has 0 aromatic heterocycles. The maximum absolute atomic E-state index is 12.7. The van der Waals surface area contributed by atoms with Crippen LogP contribution in [0.15, 0.2) is 36.5 Å². The average molecular weight is 408 g/mol. The van der Waals surface area contributed by atoms with E-state index in [2.05, 4.69) is 5.32 Å². The number of ether oxygens (including phenoxy) is 3. The second-order valence-electron chi connectivity index (χ2n) is 6.92. The van der Waals surface area contributed by atoms with Crippen LogP contribution in [-0.4, -0.2) is 43.4 Å². The van der Waals surface area contributed by atoms with Gasteiger partial charge in [0.25, 0.3) is 0 Å². The second kappa shape index (κ2) is 7.90. The number of methoxy groups -OCH3 is 2. The minimum atomic E-state index is -0.365. The molecule has 0 fully saturated rings. The summed E-state index contributed by atoms with van der Waals surface area (Å²) in [5.74, 6) is 0.192. The fraction of sp³-hybridized carbons (Fsp3) is 0.227. The van der Waals surface area contributed by atoms with E-state index in [9.17, 15) is 14.4 Å². The zero-order chi connectivity index (χ0) is 21.3. The first-order valence-electron chi connectivity index (χ1n) is 9.31. The van der Waals surface area contributed by atoms with Gasteiger partial charge < -0.3 is 24.4 Å². The molecule has 0 radical (unpaired) electrons. The average Bonchev–Trinajstić information content (AvgIpc) is 3.03. The topological polar surface area (TPSA) is 94.2 Å². The van der Waals surface area contributed by atoms with E-state index in [1.54, 1.807) is 49.7 Å². The van der Waals surface area contributed by atoms with Crippen LogP contribution < -0.4 is 14.8 Å². The Bertz CT molecular complexity index is 1080. The Kier molecular flexibility index (Phi) is 5.14. The van der Waals surface area contributed by atoms with Crippen molar-refractivity contribution in [3.63, 3.8) is 0 Å². The van der Waals surface area contributed by atoms with Crippen LogP contribution in [0.1, 0.15) is 27.0 Å². The van der Waals surface area contributed by atoms with Crippen LogP contribution in [-0.2, 0) is 27.4 Å². The molecule has 0 unspecified atom stereocenters. The maximum atomic E-state index is 12.7. The van der Waals surface area contributed by atoms with E-state index >= 15 is 0 Å². The summed E-state index contributed by atoms with van der Waals surface area (Å²) in [4.78, 5) is 38.1. The fourth-order valence-electron chi connectivity index (χ4n) is 3.47. The molecule has 2 aliphatic rings. The molecular formula is C22H20N2O6. The number of nitrogens with zero attached hydrogens (tertiary/aromatic N) is 1. The highest BCUT2D eigenvalue weighted by Gasteiger charge is 2.23. The van der Waals surface area contributed by atoms with E-state index in [0.29, 0.717) is 22.7 Å². The highest BCUT2D eigenvalue weighted by molar-refractivity contribution is 5.98. The number of nitrogens with one attached hydrogen (secondary N) is 1. The number of anilines is 1. The lowest BCUT2D eigenvalue weighted by Crippen LogP contribution is -2.34. The quantitative estimate of drug-likeness (QED) is 0.764. The summed E-state index contributed by atoms with van der Waals surface area (Å²) in [5.41, 5.74) is 3.39. The van der Waals surface area contributed by atoms with Crippen LogP contribution in [0.3, 0.4) is 0 Å². The van der Waals surface area contributed by atoms with Gasteiger partial charge in [-0.05, 0) is 47.5 Å². The molecule has 2 aromatic rings. The van der Waals surface area contributed by atoms with Crippen LogP contribution in [0.4, 0.5) is 5.69 Å². The second-order valence-corrected chi connectivity index (χ2v) is 6.92. The summed E-state index contributed by atoms with van der Waals surface area (Å²) in [7, 11) is 3.09. The molecule has 0 spiro atoms. The summed E-state index contributed by atoms with van der Waals surface area (Å²) in [6.45, 7) is 0.0561. The minimum absolute atomic E-state index is 0.133. The monoisotopic (exact) mass is 408 g/mol. The third kappa shape index (κ3) is 3.71. The Hall–Kier alpha value is -3.81. The fourth-order valence-corrected chi connectivity index (χ4v) is 3.47. The number of amides is 2. The number of carbonyl (C=O) groups is 3. The Morgan fingerprint density at radius 1 is 1.10 bits per heavy atom. The van der Waals surface area contributed by atoms with Gasteiger partial charge in [0.15, 0.2) is 11.5 Å². The van der Waals surface area contributed by atoms with Gasteiger partial charge in [-0.15, -0.1) is 0 Å². The molecule has 0 saturated heterocycles. The third-order valence-corrected chi connectivity index (χ3v) is 5.02. The largest absolute Gasteiger partial charge is 0.493 e. The first kappa shape index (κ1) is 19.5. The molecule has 2 aliphatic heterocycles. The first-order valence-corrected chi connectivity index (χ1v) is 9.31. The van der Waals surface area contributed by atoms with Gasteiger partial charge in [-0.25, -0.2) is 4.79 Å². The van der Waals surface area contributed by atoms with Gasteiger partial charge in [0.2, 0.25) is 11.8 Å². The summed E-state index contributed by atoms with van der Waals surface area (Å²) in [6, 6.07) is 8.53. The molecule has 8 heteroatoms. The van der Waals surface area contributed by atoms with Crippen molar-refractivity contribution in [2.75, 3.05) is 26.1 Å². The molecule has 154 valence electrons. The SMILES string of the molecule is COc1cc2c(cc1OC)CC(=O)N(CC(=O)Nc1ccc3c(c1)COC3=O)C=C2. The minimum Gasteiger partial charge on any atom is -0.493 e. The molecule has 30 heavy (non-hydrogen) atoms. The Morgan fingerprint density at radius 2 is 1.87 bits per heavy atom. The summed E-state index contributed by atoms with van der Waals surface area (Å²) in [6.07, 6.45) is 3.50. The summed E-state index contributed by atoms with van der Waals surface area (Å²) >= 11 is 0. The van der Waals surface area contributed by atoms with Crippen molar-refractivity contribution in [2.24, 2.45) is 0 Å². The number of carbonyl (C=O) groups excluding carboxylic acids is 3. The van der Waals surface area contributed by atoms with Crippen LogP contribution in [0.2, 0.25) is 0 Å². The van der Waals surface area contributed by atoms with Crippen molar-refractivity contribution >= 4 is 29.5 Å². The smallest absolute Gasteiger partial charge is 0.338 e. The number of rotatable bonds is 5. The van der Waals surface area contributed by atoms with Crippen molar-refractivity contribution in [1.29, 1.82) is 0 Å². The molecule has 0 bridgehead atoms. The zero-order valence-corrected chi connectivity index (χ0v) is 16.6. The molecule has 4 rings (SSSR count). The van der Waals surface area contributed by atoms with Crippen LogP contribution in [0.5, 0.6) is 11.5 Å². The van der Waals surface area contributed by atoms with Crippen molar-refractivity contribution < 1.29 is 28.6 Å². The van der Waals surface area contributed by atoms with Gasteiger partial charge in [-0.1, -0.05) is 0 Å².